The number of nitrogens with zero attached hydrogens (tertiary/aromatic N) is 4. The van der Waals surface area contributed by atoms with Crippen molar-refractivity contribution in [2.75, 3.05) is 50.8 Å². The molecule has 0 spiro atoms. The molecule has 2 aliphatic heterocycles. The summed E-state index contributed by atoms with van der Waals surface area (Å²) in [4.78, 5) is 27.2. The number of rotatable bonds is 6. The monoisotopic (exact) mass is 517 g/mol. The Morgan fingerprint density at radius 3 is 2.63 bits per heavy atom. The van der Waals surface area contributed by atoms with Crippen LogP contribution in [0.2, 0.25) is 10.0 Å². The van der Waals surface area contributed by atoms with Crippen LogP contribution in [0.4, 0.5) is 5.82 Å². The third-order valence-electron chi connectivity index (χ3n) is 7.62. The summed E-state index contributed by atoms with van der Waals surface area (Å²) in [7, 11) is 0. The summed E-state index contributed by atoms with van der Waals surface area (Å²) in [6.45, 7) is 7.21. The van der Waals surface area contributed by atoms with E-state index in [2.05, 4.69) is 27.1 Å². The van der Waals surface area contributed by atoms with Crippen LogP contribution in [0.3, 0.4) is 0 Å². The number of aryl methyl sites for hydroxylation is 1. The fraction of sp³-hybridized carbons (Fsp3) is 0.577. The van der Waals surface area contributed by atoms with Gasteiger partial charge in [-0.1, -0.05) is 36.2 Å². The third kappa shape index (κ3) is 5.43. The number of piperazine rings is 1. The average molecular weight is 518 g/mol. The van der Waals surface area contributed by atoms with Crippen LogP contribution in [0.15, 0.2) is 24.5 Å². The van der Waals surface area contributed by atoms with Crippen molar-refractivity contribution in [2.45, 2.75) is 50.5 Å². The minimum Gasteiger partial charge on any atom is -0.381 e. The molecule has 5 rings (SSSR count). The summed E-state index contributed by atoms with van der Waals surface area (Å²) < 4.78 is 5.48. The molecule has 0 saturated carbocycles. The Morgan fingerprint density at radius 2 is 1.89 bits per heavy atom. The lowest BCUT2D eigenvalue weighted by atomic mass is 9.96. The number of hydrogen-bond donors (Lipinski definition) is 1. The summed E-state index contributed by atoms with van der Waals surface area (Å²) >= 11 is 12.5. The molecule has 3 heterocycles. The minimum absolute atomic E-state index is 0.129. The Labute approximate surface area is 217 Å². The van der Waals surface area contributed by atoms with Crippen LogP contribution in [-0.4, -0.2) is 72.8 Å². The molecule has 0 bridgehead atoms. The van der Waals surface area contributed by atoms with Crippen molar-refractivity contribution >= 4 is 34.9 Å². The Kier molecular flexibility index (Phi) is 7.77. The number of carbonyl (C=O) groups excluding carboxylic acids is 1. The van der Waals surface area contributed by atoms with Gasteiger partial charge in [-0.15, -0.1) is 0 Å². The number of anilines is 1. The normalized spacial score (nSPS) is 21.7. The minimum atomic E-state index is -0.317. The number of nitrogens with one attached hydrogen (secondary N) is 1. The van der Waals surface area contributed by atoms with Gasteiger partial charge in [-0.25, -0.2) is 9.97 Å². The molecular weight excluding hydrogens is 485 g/mol. The number of fused-ring (bicyclic) bond motifs is 1. The molecule has 1 amide bonds. The number of benzene rings is 1. The van der Waals surface area contributed by atoms with Crippen LogP contribution in [0.25, 0.3) is 0 Å². The van der Waals surface area contributed by atoms with Crippen molar-refractivity contribution in [3.05, 3.63) is 51.4 Å². The number of hydrogen-bond acceptors (Lipinski definition) is 6. The van der Waals surface area contributed by atoms with Gasteiger partial charge in [-0.2, -0.15) is 0 Å². The van der Waals surface area contributed by atoms with Gasteiger partial charge in [0.2, 0.25) is 5.91 Å². The van der Waals surface area contributed by atoms with Crippen molar-refractivity contribution in [1.82, 2.24) is 20.2 Å². The lowest BCUT2D eigenvalue weighted by Crippen LogP contribution is -2.51. The Hall–Kier alpha value is -1.93. The Balaban J connectivity index is 1.29. The molecule has 1 aliphatic carbocycles. The quantitative estimate of drug-likeness (QED) is 0.623. The molecule has 0 radical (unpaired) electrons. The van der Waals surface area contributed by atoms with E-state index >= 15 is 0 Å². The number of halogens is 2. The zero-order valence-corrected chi connectivity index (χ0v) is 21.7. The summed E-state index contributed by atoms with van der Waals surface area (Å²) in [5.41, 5.74) is 3.37. The second kappa shape index (κ2) is 11.0. The van der Waals surface area contributed by atoms with E-state index in [1.165, 1.54) is 11.3 Å². The topological polar surface area (TPSA) is 70.6 Å². The van der Waals surface area contributed by atoms with E-state index in [0.29, 0.717) is 41.6 Å². The predicted octanol–water partition coefficient (Wildman–Crippen LogP) is 4.03. The summed E-state index contributed by atoms with van der Waals surface area (Å²) in [5, 5.41) is 4.59. The van der Waals surface area contributed by atoms with E-state index < -0.39 is 0 Å². The molecule has 1 aromatic carbocycles. The van der Waals surface area contributed by atoms with Gasteiger partial charge in [0.25, 0.3) is 0 Å². The maximum atomic E-state index is 13.8. The highest BCUT2D eigenvalue weighted by Crippen LogP contribution is 2.37. The third-order valence-corrected chi connectivity index (χ3v) is 8.36. The highest BCUT2D eigenvalue weighted by atomic mass is 35.5. The van der Waals surface area contributed by atoms with Crippen LogP contribution in [0.5, 0.6) is 0 Å². The van der Waals surface area contributed by atoms with Gasteiger partial charge in [-0.3, -0.25) is 4.79 Å². The molecule has 2 atom stereocenters. The van der Waals surface area contributed by atoms with E-state index in [1.807, 2.05) is 17.0 Å². The number of carbonyl (C=O) groups is 1. The molecule has 188 valence electrons. The van der Waals surface area contributed by atoms with Crippen molar-refractivity contribution in [3.63, 3.8) is 0 Å². The van der Waals surface area contributed by atoms with Crippen LogP contribution < -0.4 is 10.2 Å². The average Bonchev–Trinajstić information content (AvgIpc) is 3.28. The van der Waals surface area contributed by atoms with E-state index in [-0.39, 0.29) is 11.8 Å². The molecule has 2 aromatic rings. The maximum Gasteiger partial charge on any atom is 0.231 e. The molecule has 9 heteroatoms. The molecule has 2 saturated heterocycles. The fourth-order valence-corrected chi connectivity index (χ4v) is 5.80. The van der Waals surface area contributed by atoms with Gasteiger partial charge in [0.05, 0.1) is 16.0 Å². The zero-order chi connectivity index (χ0) is 24.4. The first kappa shape index (κ1) is 24.8. The number of aromatic nitrogens is 2. The Bertz CT molecular complexity index is 1050. The molecule has 1 N–H and O–H groups in total. The van der Waals surface area contributed by atoms with Crippen LogP contribution >= 0.6 is 23.2 Å². The van der Waals surface area contributed by atoms with Gasteiger partial charge >= 0.3 is 0 Å². The number of amides is 1. The highest BCUT2D eigenvalue weighted by molar-refractivity contribution is 6.42. The standard InChI is InChI=1S/C26H33Cl2N5O2/c1-17-2-5-23-24(17)25(31-16-30-23)32-8-10-33(11-9-32)26(34)20(15-29-19-6-12-35-13-7-19)18-3-4-21(27)22(28)14-18/h3-4,14,16-17,19-20,29H,2,5-13,15H2,1H3. The first-order valence-electron chi connectivity index (χ1n) is 12.6. The smallest absolute Gasteiger partial charge is 0.231 e. The predicted molar refractivity (Wildman–Crippen MR) is 139 cm³/mol. The van der Waals surface area contributed by atoms with Gasteiger partial charge in [0.15, 0.2) is 0 Å². The fourth-order valence-electron chi connectivity index (χ4n) is 5.50. The van der Waals surface area contributed by atoms with Crippen LogP contribution in [0.1, 0.15) is 54.8 Å². The molecule has 2 fully saturated rings. The molecule has 7 nitrogen and oxygen atoms in total. The van der Waals surface area contributed by atoms with Gasteiger partial charge in [0.1, 0.15) is 12.1 Å². The second-order valence-corrected chi connectivity index (χ2v) is 10.6. The van der Waals surface area contributed by atoms with Crippen molar-refractivity contribution < 1.29 is 9.53 Å². The van der Waals surface area contributed by atoms with E-state index in [9.17, 15) is 4.79 Å². The lowest BCUT2D eigenvalue weighted by molar-refractivity contribution is -0.133. The Morgan fingerprint density at radius 1 is 1.11 bits per heavy atom. The van der Waals surface area contributed by atoms with E-state index in [4.69, 9.17) is 27.9 Å². The molecule has 1 aromatic heterocycles. The summed E-state index contributed by atoms with van der Waals surface area (Å²) in [5.74, 6) is 1.34. The second-order valence-electron chi connectivity index (χ2n) is 9.83. The van der Waals surface area contributed by atoms with Gasteiger partial charge in [0, 0.05) is 63.2 Å². The van der Waals surface area contributed by atoms with Crippen LogP contribution in [-0.2, 0) is 16.0 Å². The van der Waals surface area contributed by atoms with Gasteiger partial charge in [-0.05, 0) is 49.3 Å². The summed E-state index contributed by atoms with van der Waals surface area (Å²) in [6, 6.07) is 5.90. The molecule has 2 unspecified atom stereocenters. The largest absolute Gasteiger partial charge is 0.381 e. The van der Waals surface area contributed by atoms with Crippen LogP contribution in [0, 0.1) is 0 Å². The van der Waals surface area contributed by atoms with Crippen molar-refractivity contribution in [1.29, 1.82) is 0 Å². The molecular formula is C26H33Cl2N5O2. The zero-order valence-electron chi connectivity index (χ0n) is 20.2. The lowest BCUT2D eigenvalue weighted by Gasteiger charge is -2.38. The SMILES string of the molecule is CC1CCc2ncnc(N3CCN(C(=O)C(CNC4CCOCC4)c4ccc(Cl)c(Cl)c4)CC3)c21. The molecule has 3 aliphatic rings. The first-order chi connectivity index (χ1) is 17.0. The van der Waals surface area contributed by atoms with Crippen molar-refractivity contribution in [3.8, 4) is 0 Å². The number of ether oxygens (including phenoxy) is 1. The summed E-state index contributed by atoms with van der Waals surface area (Å²) in [6.07, 6.45) is 5.76. The highest BCUT2D eigenvalue weighted by Gasteiger charge is 2.32. The first-order valence-corrected chi connectivity index (χ1v) is 13.4. The molecule has 35 heavy (non-hydrogen) atoms. The maximum absolute atomic E-state index is 13.8. The van der Waals surface area contributed by atoms with Crippen molar-refractivity contribution in [2.24, 2.45) is 0 Å². The van der Waals surface area contributed by atoms with E-state index in [1.54, 1.807) is 12.4 Å². The van der Waals surface area contributed by atoms with E-state index in [0.717, 1.165) is 63.4 Å². The van der Waals surface area contributed by atoms with Gasteiger partial charge < -0.3 is 19.9 Å².